The van der Waals surface area contributed by atoms with E-state index in [-0.39, 0.29) is 29.2 Å². The monoisotopic (exact) mass is 362 g/mol. The smallest absolute Gasteiger partial charge is 0.338 e. The lowest BCUT2D eigenvalue weighted by atomic mass is 10.1. The molecule has 0 saturated heterocycles. The third-order valence-corrected chi connectivity index (χ3v) is 3.31. The summed E-state index contributed by atoms with van der Waals surface area (Å²) in [6, 6.07) is 6.96. The van der Waals surface area contributed by atoms with Crippen LogP contribution in [0, 0.1) is 15.9 Å². The minimum absolute atomic E-state index is 0.00273. The molecule has 26 heavy (non-hydrogen) atoms. The van der Waals surface area contributed by atoms with Crippen LogP contribution in [0.15, 0.2) is 36.4 Å². The number of hydrogen-bond donors (Lipinski definition) is 1. The van der Waals surface area contributed by atoms with Gasteiger partial charge in [-0.05, 0) is 25.1 Å². The molecule has 0 saturated carbocycles. The van der Waals surface area contributed by atoms with E-state index in [4.69, 9.17) is 9.47 Å². The summed E-state index contributed by atoms with van der Waals surface area (Å²) in [7, 11) is 1.30. The number of nitro groups is 1. The number of carbonyl (C=O) groups excluding carboxylic acids is 2. The Morgan fingerprint density at radius 2 is 1.88 bits per heavy atom. The van der Waals surface area contributed by atoms with Gasteiger partial charge in [-0.25, -0.2) is 9.18 Å². The van der Waals surface area contributed by atoms with Crippen LogP contribution in [0.4, 0.5) is 15.8 Å². The fourth-order valence-corrected chi connectivity index (χ4v) is 2.13. The number of ether oxygens (including phenoxy) is 2. The molecule has 0 aromatic heterocycles. The highest BCUT2D eigenvalue weighted by molar-refractivity contribution is 6.06. The second kappa shape index (κ2) is 8.06. The molecule has 0 aliphatic rings. The molecule has 0 heterocycles. The number of hydrogen-bond acceptors (Lipinski definition) is 6. The first kappa shape index (κ1) is 18.8. The van der Waals surface area contributed by atoms with Gasteiger partial charge in [-0.1, -0.05) is 0 Å². The molecule has 0 radical (unpaired) electrons. The molecule has 2 rings (SSSR count). The van der Waals surface area contributed by atoms with E-state index in [9.17, 15) is 24.1 Å². The van der Waals surface area contributed by atoms with E-state index in [1.54, 1.807) is 6.92 Å². The summed E-state index contributed by atoms with van der Waals surface area (Å²) >= 11 is 0. The lowest BCUT2D eigenvalue weighted by molar-refractivity contribution is -0.384. The largest absolute Gasteiger partial charge is 0.494 e. The van der Waals surface area contributed by atoms with Crippen LogP contribution in [0.3, 0.4) is 0 Å². The van der Waals surface area contributed by atoms with Crippen molar-refractivity contribution >= 4 is 23.3 Å². The molecular weight excluding hydrogens is 347 g/mol. The quantitative estimate of drug-likeness (QED) is 0.480. The third kappa shape index (κ3) is 4.32. The van der Waals surface area contributed by atoms with E-state index in [2.05, 4.69) is 5.32 Å². The van der Waals surface area contributed by atoms with E-state index in [0.717, 1.165) is 18.2 Å². The highest BCUT2D eigenvalue weighted by Gasteiger charge is 2.19. The summed E-state index contributed by atoms with van der Waals surface area (Å²) in [5.41, 5.74) is -0.593. The highest BCUT2D eigenvalue weighted by Crippen LogP contribution is 2.23. The van der Waals surface area contributed by atoms with Gasteiger partial charge in [0.15, 0.2) is 11.6 Å². The first-order valence-corrected chi connectivity index (χ1v) is 7.47. The number of carbonyl (C=O) groups is 2. The van der Waals surface area contributed by atoms with Gasteiger partial charge in [0, 0.05) is 29.4 Å². The number of benzene rings is 2. The van der Waals surface area contributed by atoms with Crippen molar-refractivity contribution in [2.75, 3.05) is 19.0 Å². The maximum atomic E-state index is 13.7. The molecule has 0 spiro atoms. The van der Waals surface area contributed by atoms with E-state index in [1.165, 1.54) is 25.3 Å². The molecule has 0 bridgehead atoms. The summed E-state index contributed by atoms with van der Waals surface area (Å²) in [5.74, 6) is -2.22. The number of rotatable bonds is 6. The number of amides is 1. The molecule has 0 atom stereocenters. The standard InChI is InChI=1S/C17H15FN2O6/c1-3-26-17(22)11-6-10(7-13(8-11)20(23)24)16(21)19-12-4-5-15(25-2)14(18)9-12/h4-9H,3H2,1-2H3,(H,19,21). The van der Waals surface area contributed by atoms with Crippen LogP contribution in [0.5, 0.6) is 5.75 Å². The number of nitro benzene ring substituents is 1. The number of nitrogens with zero attached hydrogens (tertiary/aromatic N) is 1. The Bertz CT molecular complexity index is 868. The average Bonchev–Trinajstić information content (AvgIpc) is 2.61. The zero-order valence-corrected chi connectivity index (χ0v) is 13.9. The molecule has 1 N–H and O–H groups in total. The predicted octanol–water partition coefficient (Wildman–Crippen LogP) is 3.17. The summed E-state index contributed by atoms with van der Waals surface area (Å²) in [4.78, 5) is 34.5. The highest BCUT2D eigenvalue weighted by atomic mass is 19.1. The molecule has 0 aliphatic heterocycles. The van der Waals surface area contributed by atoms with Gasteiger partial charge >= 0.3 is 5.97 Å². The van der Waals surface area contributed by atoms with Crippen molar-refractivity contribution in [3.63, 3.8) is 0 Å². The second-order valence-corrected chi connectivity index (χ2v) is 5.05. The van der Waals surface area contributed by atoms with Crippen LogP contribution in [-0.4, -0.2) is 30.5 Å². The Hall–Kier alpha value is -3.49. The van der Waals surface area contributed by atoms with Gasteiger partial charge in [-0.2, -0.15) is 0 Å². The predicted molar refractivity (Wildman–Crippen MR) is 90.0 cm³/mol. The van der Waals surface area contributed by atoms with Crippen LogP contribution in [0.25, 0.3) is 0 Å². The minimum atomic E-state index is -0.791. The first-order valence-electron chi connectivity index (χ1n) is 7.47. The fraction of sp³-hybridized carbons (Fsp3) is 0.176. The molecule has 0 unspecified atom stereocenters. The van der Waals surface area contributed by atoms with Gasteiger partial charge in [0.25, 0.3) is 11.6 Å². The number of non-ortho nitro benzene ring substituents is 1. The molecule has 1 amide bonds. The first-order chi connectivity index (χ1) is 12.3. The normalized spacial score (nSPS) is 10.1. The van der Waals surface area contributed by atoms with Gasteiger partial charge in [-0.3, -0.25) is 14.9 Å². The molecule has 9 heteroatoms. The Labute approximate surface area is 147 Å². The van der Waals surface area contributed by atoms with Gasteiger partial charge in [0.2, 0.25) is 0 Å². The number of esters is 1. The Morgan fingerprint density at radius 3 is 2.46 bits per heavy atom. The second-order valence-electron chi connectivity index (χ2n) is 5.05. The van der Waals surface area contributed by atoms with Gasteiger partial charge < -0.3 is 14.8 Å². The summed E-state index contributed by atoms with van der Waals surface area (Å²) in [6.45, 7) is 1.66. The molecule has 136 valence electrons. The number of methoxy groups -OCH3 is 1. The number of nitrogens with one attached hydrogen (secondary N) is 1. The fourth-order valence-electron chi connectivity index (χ4n) is 2.13. The zero-order valence-electron chi connectivity index (χ0n) is 13.9. The van der Waals surface area contributed by atoms with Crippen LogP contribution >= 0.6 is 0 Å². The van der Waals surface area contributed by atoms with E-state index in [1.807, 2.05) is 0 Å². The lowest BCUT2D eigenvalue weighted by Gasteiger charge is -2.09. The molecule has 8 nitrogen and oxygen atoms in total. The summed E-state index contributed by atoms with van der Waals surface area (Å²) < 4.78 is 23.3. The van der Waals surface area contributed by atoms with Crippen molar-refractivity contribution in [3.8, 4) is 5.75 Å². The van der Waals surface area contributed by atoms with Crippen LogP contribution in [-0.2, 0) is 4.74 Å². The van der Waals surface area contributed by atoms with Crippen molar-refractivity contribution in [2.45, 2.75) is 6.92 Å². The summed E-state index contributed by atoms with van der Waals surface area (Å²) in [5, 5.41) is 13.4. The Balaban J connectivity index is 2.33. The third-order valence-electron chi connectivity index (χ3n) is 3.31. The minimum Gasteiger partial charge on any atom is -0.494 e. The van der Waals surface area contributed by atoms with E-state index >= 15 is 0 Å². The summed E-state index contributed by atoms with van der Waals surface area (Å²) in [6.07, 6.45) is 0. The topological polar surface area (TPSA) is 108 Å². The van der Waals surface area contributed by atoms with Gasteiger partial charge in [-0.15, -0.1) is 0 Å². The van der Waals surface area contributed by atoms with E-state index < -0.39 is 28.3 Å². The average molecular weight is 362 g/mol. The maximum Gasteiger partial charge on any atom is 0.338 e. The van der Waals surface area contributed by atoms with Crippen LogP contribution in [0.2, 0.25) is 0 Å². The number of anilines is 1. The zero-order chi connectivity index (χ0) is 19.3. The van der Waals surface area contributed by atoms with Crippen molar-refractivity contribution < 1.29 is 28.4 Å². The lowest BCUT2D eigenvalue weighted by Crippen LogP contribution is -2.14. The van der Waals surface area contributed by atoms with Crippen molar-refractivity contribution in [3.05, 3.63) is 63.5 Å². The maximum absolute atomic E-state index is 13.7. The Morgan fingerprint density at radius 1 is 1.19 bits per heavy atom. The van der Waals surface area contributed by atoms with Gasteiger partial charge in [0.05, 0.1) is 24.2 Å². The SMILES string of the molecule is CCOC(=O)c1cc(C(=O)Nc2ccc(OC)c(F)c2)cc([N+](=O)[O-])c1. The molecule has 2 aromatic rings. The molecular formula is C17H15FN2O6. The van der Waals surface area contributed by atoms with Crippen molar-refractivity contribution in [1.82, 2.24) is 0 Å². The van der Waals surface area contributed by atoms with Crippen LogP contribution in [0.1, 0.15) is 27.6 Å². The van der Waals surface area contributed by atoms with Crippen molar-refractivity contribution in [2.24, 2.45) is 0 Å². The van der Waals surface area contributed by atoms with Crippen LogP contribution < -0.4 is 10.1 Å². The number of halogens is 1. The molecule has 2 aromatic carbocycles. The van der Waals surface area contributed by atoms with Gasteiger partial charge in [0.1, 0.15) is 0 Å². The van der Waals surface area contributed by atoms with E-state index in [0.29, 0.717) is 0 Å². The van der Waals surface area contributed by atoms with Crippen molar-refractivity contribution in [1.29, 1.82) is 0 Å². The molecule has 0 aliphatic carbocycles. The molecule has 0 fully saturated rings. The Kier molecular flexibility index (Phi) is 5.84.